The predicted octanol–water partition coefficient (Wildman–Crippen LogP) is 2.64. The summed E-state index contributed by atoms with van der Waals surface area (Å²) >= 11 is 0. The van der Waals surface area contributed by atoms with Crippen LogP contribution < -0.4 is 15.8 Å². The second-order valence-electron chi connectivity index (χ2n) is 5.24. The summed E-state index contributed by atoms with van der Waals surface area (Å²) in [4.78, 5) is 11.4. The molecule has 0 unspecified atom stereocenters. The van der Waals surface area contributed by atoms with Crippen LogP contribution in [0.5, 0.6) is 5.75 Å². The lowest BCUT2D eigenvalue weighted by atomic mass is 10.1. The number of anilines is 1. The molecule has 3 rings (SSSR count). The molecule has 0 saturated carbocycles. The van der Waals surface area contributed by atoms with Gasteiger partial charge in [0.2, 0.25) is 5.91 Å². The molecule has 2 aromatic carbocycles. The zero-order valence-corrected chi connectivity index (χ0v) is 12.0. The van der Waals surface area contributed by atoms with Gasteiger partial charge in [-0.2, -0.15) is 0 Å². The number of nitrogens with two attached hydrogens (primary N) is 1. The minimum Gasteiger partial charge on any atom is -0.493 e. The van der Waals surface area contributed by atoms with Gasteiger partial charge in [-0.3, -0.25) is 4.79 Å². The van der Waals surface area contributed by atoms with Crippen LogP contribution in [0.2, 0.25) is 0 Å². The molecule has 0 aromatic heterocycles. The molecule has 1 heterocycles. The Morgan fingerprint density at radius 1 is 1.33 bits per heavy atom. The van der Waals surface area contributed by atoms with Gasteiger partial charge in [0.1, 0.15) is 5.75 Å². The first-order valence-corrected chi connectivity index (χ1v) is 7.03. The topological polar surface area (TPSA) is 64.3 Å². The van der Waals surface area contributed by atoms with Crippen molar-refractivity contribution in [3.63, 3.8) is 0 Å². The fourth-order valence-electron chi connectivity index (χ4n) is 2.64. The number of rotatable bonds is 4. The third kappa shape index (κ3) is 2.70. The summed E-state index contributed by atoms with van der Waals surface area (Å²) in [6, 6.07) is 11.8. The van der Waals surface area contributed by atoms with Crippen molar-refractivity contribution in [1.29, 1.82) is 0 Å². The molecule has 4 nitrogen and oxygen atoms in total. The standard InChI is InChI=1S/C17H18N2O2/c1-11-14(17(18)20)3-2-4-15(11)19-10-12-5-6-16-13(9-12)7-8-21-16/h2-6,9,19H,7-8,10H2,1H3,(H2,18,20). The van der Waals surface area contributed by atoms with Crippen LogP contribution in [0.3, 0.4) is 0 Å². The first-order valence-electron chi connectivity index (χ1n) is 7.03. The van der Waals surface area contributed by atoms with Crippen molar-refractivity contribution in [3.05, 3.63) is 58.7 Å². The number of hydrogen-bond donors (Lipinski definition) is 2. The lowest BCUT2D eigenvalue weighted by molar-refractivity contribution is 0.1000. The van der Waals surface area contributed by atoms with Crippen LogP contribution in [0, 0.1) is 6.92 Å². The largest absolute Gasteiger partial charge is 0.493 e. The fraction of sp³-hybridized carbons (Fsp3) is 0.235. The van der Waals surface area contributed by atoms with Gasteiger partial charge in [0.05, 0.1) is 6.61 Å². The van der Waals surface area contributed by atoms with Gasteiger partial charge in [0.15, 0.2) is 0 Å². The SMILES string of the molecule is Cc1c(NCc2ccc3c(c2)CCO3)cccc1C(N)=O. The van der Waals surface area contributed by atoms with E-state index in [0.29, 0.717) is 12.1 Å². The Morgan fingerprint density at radius 3 is 3.00 bits per heavy atom. The van der Waals surface area contributed by atoms with Gasteiger partial charge >= 0.3 is 0 Å². The van der Waals surface area contributed by atoms with Gasteiger partial charge in [-0.1, -0.05) is 18.2 Å². The third-order valence-corrected chi connectivity index (χ3v) is 3.84. The van der Waals surface area contributed by atoms with Crippen molar-refractivity contribution >= 4 is 11.6 Å². The highest BCUT2D eigenvalue weighted by Gasteiger charge is 2.12. The second-order valence-corrected chi connectivity index (χ2v) is 5.24. The first-order chi connectivity index (χ1) is 10.1. The smallest absolute Gasteiger partial charge is 0.249 e. The van der Waals surface area contributed by atoms with Crippen LogP contribution >= 0.6 is 0 Å². The Balaban J connectivity index is 1.76. The van der Waals surface area contributed by atoms with E-state index >= 15 is 0 Å². The summed E-state index contributed by atoms with van der Waals surface area (Å²) in [7, 11) is 0. The number of nitrogens with one attached hydrogen (secondary N) is 1. The van der Waals surface area contributed by atoms with Gasteiger partial charge in [0, 0.05) is 24.2 Å². The van der Waals surface area contributed by atoms with Crippen LogP contribution in [0.1, 0.15) is 27.0 Å². The zero-order valence-electron chi connectivity index (χ0n) is 12.0. The highest BCUT2D eigenvalue weighted by atomic mass is 16.5. The maximum Gasteiger partial charge on any atom is 0.249 e. The molecule has 3 N–H and O–H groups in total. The van der Waals surface area contributed by atoms with E-state index in [1.54, 1.807) is 6.07 Å². The van der Waals surface area contributed by atoms with E-state index in [1.807, 2.05) is 25.1 Å². The van der Waals surface area contributed by atoms with Crippen LogP contribution in [-0.2, 0) is 13.0 Å². The van der Waals surface area contributed by atoms with E-state index in [4.69, 9.17) is 10.5 Å². The summed E-state index contributed by atoms with van der Waals surface area (Å²) in [6.07, 6.45) is 0.972. The number of ether oxygens (including phenoxy) is 1. The van der Waals surface area contributed by atoms with E-state index in [0.717, 1.165) is 30.0 Å². The quantitative estimate of drug-likeness (QED) is 0.906. The molecule has 0 aliphatic carbocycles. The molecule has 1 aliphatic rings. The molecule has 0 radical (unpaired) electrons. The van der Waals surface area contributed by atoms with Gasteiger partial charge in [-0.15, -0.1) is 0 Å². The van der Waals surface area contributed by atoms with E-state index < -0.39 is 5.91 Å². The molecule has 4 heteroatoms. The Bertz CT molecular complexity index is 695. The Kier molecular flexibility index (Phi) is 3.52. The number of fused-ring (bicyclic) bond motifs is 1. The highest BCUT2D eigenvalue weighted by Crippen LogP contribution is 2.26. The van der Waals surface area contributed by atoms with Gasteiger partial charge in [-0.05, 0) is 41.8 Å². The normalized spacial score (nSPS) is 12.6. The molecule has 0 saturated heterocycles. The molecular formula is C17H18N2O2. The van der Waals surface area contributed by atoms with Crippen LogP contribution in [0.25, 0.3) is 0 Å². The van der Waals surface area contributed by atoms with Gasteiger partial charge < -0.3 is 15.8 Å². The fourth-order valence-corrected chi connectivity index (χ4v) is 2.64. The minimum absolute atomic E-state index is 0.397. The lowest BCUT2D eigenvalue weighted by Crippen LogP contribution is -2.13. The van der Waals surface area contributed by atoms with E-state index in [1.165, 1.54) is 11.1 Å². The summed E-state index contributed by atoms with van der Waals surface area (Å²) in [5.41, 5.74) is 10.2. The zero-order chi connectivity index (χ0) is 14.8. The number of carbonyl (C=O) groups excluding carboxylic acids is 1. The molecule has 0 bridgehead atoms. The molecule has 21 heavy (non-hydrogen) atoms. The van der Waals surface area contributed by atoms with E-state index in [2.05, 4.69) is 17.4 Å². The number of carbonyl (C=O) groups is 1. The molecule has 2 aromatic rings. The Morgan fingerprint density at radius 2 is 2.19 bits per heavy atom. The molecule has 0 atom stereocenters. The molecule has 0 spiro atoms. The monoisotopic (exact) mass is 282 g/mol. The maximum absolute atomic E-state index is 11.4. The summed E-state index contributed by atoms with van der Waals surface area (Å²) in [5.74, 6) is 0.594. The van der Waals surface area contributed by atoms with Crippen LogP contribution in [0.4, 0.5) is 5.69 Å². The van der Waals surface area contributed by atoms with Gasteiger partial charge in [-0.25, -0.2) is 0 Å². The molecular weight excluding hydrogens is 264 g/mol. The lowest BCUT2D eigenvalue weighted by Gasteiger charge is -2.12. The third-order valence-electron chi connectivity index (χ3n) is 3.84. The Hall–Kier alpha value is -2.49. The highest BCUT2D eigenvalue weighted by molar-refractivity contribution is 5.95. The van der Waals surface area contributed by atoms with E-state index in [9.17, 15) is 4.79 Å². The average Bonchev–Trinajstić information content (AvgIpc) is 2.93. The van der Waals surface area contributed by atoms with Crippen LogP contribution in [0.15, 0.2) is 36.4 Å². The van der Waals surface area contributed by atoms with Crippen molar-refractivity contribution in [2.45, 2.75) is 19.9 Å². The first kappa shape index (κ1) is 13.5. The minimum atomic E-state index is -0.397. The summed E-state index contributed by atoms with van der Waals surface area (Å²) < 4.78 is 5.51. The van der Waals surface area contributed by atoms with E-state index in [-0.39, 0.29) is 0 Å². The van der Waals surface area contributed by atoms with Gasteiger partial charge in [0.25, 0.3) is 0 Å². The summed E-state index contributed by atoms with van der Waals surface area (Å²) in [6.45, 7) is 3.38. The maximum atomic E-state index is 11.4. The molecule has 0 fully saturated rings. The van der Waals surface area contributed by atoms with Crippen molar-refractivity contribution < 1.29 is 9.53 Å². The number of benzene rings is 2. The Labute approximate surface area is 123 Å². The van der Waals surface area contributed by atoms with Crippen molar-refractivity contribution in [1.82, 2.24) is 0 Å². The summed E-state index contributed by atoms with van der Waals surface area (Å²) in [5, 5.41) is 3.37. The van der Waals surface area contributed by atoms with Crippen molar-refractivity contribution in [2.24, 2.45) is 5.73 Å². The molecule has 108 valence electrons. The van der Waals surface area contributed by atoms with Crippen molar-refractivity contribution in [3.8, 4) is 5.75 Å². The molecule has 1 amide bonds. The number of primary amides is 1. The number of amides is 1. The predicted molar refractivity (Wildman–Crippen MR) is 82.7 cm³/mol. The molecule has 1 aliphatic heterocycles. The average molecular weight is 282 g/mol. The van der Waals surface area contributed by atoms with Crippen molar-refractivity contribution in [2.75, 3.05) is 11.9 Å². The van der Waals surface area contributed by atoms with Crippen LogP contribution in [-0.4, -0.2) is 12.5 Å². The number of hydrogen-bond acceptors (Lipinski definition) is 3. The second kappa shape index (κ2) is 5.48.